The SMILES string of the molecule is CC(C)Oc1ccc(Oc2c(Cl)cc(-n3nc(C#N)c(=O)[nH]c3=O)cc2Cl)cn1. The lowest BCUT2D eigenvalue weighted by atomic mass is 10.3. The Hall–Kier alpha value is -3.35. The van der Waals surface area contributed by atoms with Crippen LogP contribution < -0.4 is 20.7 Å². The second-order valence-corrected chi connectivity index (χ2v) is 6.79. The molecule has 0 radical (unpaired) electrons. The lowest BCUT2D eigenvalue weighted by Crippen LogP contribution is -2.33. The molecule has 0 atom stereocenters. The Labute approximate surface area is 174 Å². The summed E-state index contributed by atoms with van der Waals surface area (Å²) < 4.78 is 12.0. The van der Waals surface area contributed by atoms with Gasteiger partial charge in [-0.3, -0.25) is 9.78 Å². The molecule has 0 saturated carbocycles. The van der Waals surface area contributed by atoms with Gasteiger partial charge in [-0.25, -0.2) is 9.78 Å². The van der Waals surface area contributed by atoms with Crippen molar-refractivity contribution in [1.82, 2.24) is 19.7 Å². The van der Waals surface area contributed by atoms with E-state index < -0.39 is 16.9 Å². The molecule has 1 aromatic carbocycles. The van der Waals surface area contributed by atoms with Gasteiger partial charge in [-0.1, -0.05) is 23.2 Å². The minimum Gasteiger partial charge on any atom is -0.475 e. The van der Waals surface area contributed by atoms with Crippen molar-refractivity contribution in [3.63, 3.8) is 0 Å². The van der Waals surface area contributed by atoms with Crippen LogP contribution in [0.5, 0.6) is 17.4 Å². The van der Waals surface area contributed by atoms with E-state index in [9.17, 15) is 9.59 Å². The molecule has 9 nitrogen and oxygen atoms in total. The normalized spacial score (nSPS) is 10.6. The van der Waals surface area contributed by atoms with E-state index in [0.717, 1.165) is 4.68 Å². The molecule has 3 rings (SSSR count). The molecule has 2 heterocycles. The van der Waals surface area contributed by atoms with Crippen LogP contribution in [0, 0.1) is 11.3 Å². The molecule has 2 aromatic heterocycles. The predicted octanol–water partition coefficient (Wildman–Crippen LogP) is 3.07. The minimum absolute atomic E-state index is 0.0165. The van der Waals surface area contributed by atoms with Crippen LogP contribution in [0.1, 0.15) is 19.5 Å². The number of rotatable bonds is 5. The summed E-state index contributed by atoms with van der Waals surface area (Å²) in [7, 11) is 0. The summed E-state index contributed by atoms with van der Waals surface area (Å²) in [6, 6.07) is 7.60. The molecule has 0 aliphatic rings. The molecule has 1 N–H and O–H groups in total. The minimum atomic E-state index is -0.886. The summed E-state index contributed by atoms with van der Waals surface area (Å²) in [4.78, 5) is 29.6. The molecule has 0 amide bonds. The maximum absolute atomic E-state index is 12.0. The highest BCUT2D eigenvalue weighted by Crippen LogP contribution is 2.38. The molecular weight excluding hydrogens is 421 g/mol. The van der Waals surface area contributed by atoms with E-state index in [4.69, 9.17) is 37.9 Å². The lowest BCUT2D eigenvalue weighted by Gasteiger charge is -2.13. The van der Waals surface area contributed by atoms with Gasteiger partial charge in [0.05, 0.1) is 28.0 Å². The number of hydrogen-bond donors (Lipinski definition) is 1. The molecule has 0 saturated heterocycles. The number of nitriles is 1. The van der Waals surface area contributed by atoms with E-state index >= 15 is 0 Å². The van der Waals surface area contributed by atoms with Crippen molar-refractivity contribution in [3.05, 3.63) is 67.0 Å². The summed E-state index contributed by atoms with van der Waals surface area (Å²) in [5.74, 6) is 0.940. The Morgan fingerprint density at radius 3 is 2.45 bits per heavy atom. The summed E-state index contributed by atoms with van der Waals surface area (Å²) in [6.07, 6.45) is 1.43. The van der Waals surface area contributed by atoms with Crippen LogP contribution in [0.15, 0.2) is 40.1 Å². The van der Waals surface area contributed by atoms with Crippen LogP contribution >= 0.6 is 23.2 Å². The van der Waals surface area contributed by atoms with Crippen molar-refractivity contribution in [2.45, 2.75) is 20.0 Å². The van der Waals surface area contributed by atoms with Crippen LogP contribution in [-0.4, -0.2) is 25.9 Å². The molecule has 0 unspecified atom stereocenters. The van der Waals surface area contributed by atoms with E-state index in [1.165, 1.54) is 18.3 Å². The van der Waals surface area contributed by atoms with Gasteiger partial charge in [0.1, 0.15) is 11.8 Å². The van der Waals surface area contributed by atoms with Crippen LogP contribution in [0.3, 0.4) is 0 Å². The number of nitrogens with zero attached hydrogens (tertiary/aromatic N) is 4. The van der Waals surface area contributed by atoms with Gasteiger partial charge >= 0.3 is 5.69 Å². The van der Waals surface area contributed by atoms with Gasteiger partial charge in [-0.2, -0.15) is 9.94 Å². The number of benzene rings is 1. The molecule has 29 heavy (non-hydrogen) atoms. The van der Waals surface area contributed by atoms with Gasteiger partial charge in [0, 0.05) is 6.07 Å². The first kappa shape index (κ1) is 20.4. The summed E-state index contributed by atoms with van der Waals surface area (Å²) in [6.45, 7) is 3.77. The van der Waals surface area contributed by atoms with Gasteiger partial charge < -0.3 is 9.47 Å². The number of hydrogen-bond acceptors (Lipinski definition) is 7. The number of aromatic nitrogens is 4. The molecule has 0 aliphatic heterocycles. The Kier molecular flexibility index (Phi) is 5.87. The number of H-pyrrole nitrogens is 1. The highest BCUT2D eigenvalue weighted by molar-refractivity contribution is 6.37. The molecule has 0 bridgehead atoms. The van der Waals surface area contributed by atoms with Crippen LogP contribution in [0.2, 0.25) is 10.0 Å². The topological polar surface area (TPSA) is 123 Å². The summed E-state index contributed by atoms with van der Waals surface area (Å²) in [5.41, 5.74) is -2.07. The monoisotopic (exact) mass is 433 g/mol. The second kappa shape index (κ2) is 8.34. The summed E-state index contributed by atoms with van der Waals surface area (Å²) >= 11 is 12.5. The van der Waals surface area contributed by atoms with E-state index in [1.54, 1.807) is 18.2 Å². The fourth-order valence-corrected chi connectivity index (χ4v) is 2.82. The first-order valence-electron chi connectivity index (χ1n) is 8.22. The lowest BCUT2D eigenvalue weighted by molar-refractivity contribution is 0.232. The van der Waals surface area contributed by atoms with Gasteiger partial charge in [0.2, 0.25) is 11.6 Å². The van der Waals surface area contributed by atoms with Gasteiger partial charge in [0.25, 0.3) is 5.56 Å². The largest absolute Gasteiger partial charge is 0.475 e. The zero-order valence-corrected chi connectivity index (χ0v) is 16.7. The van der Waals surface area contributed by atoms with E-state index in [-0.39, 0.29) is 27.6 Å². The third-order valence-corrected chi connectivity index (χ3v) is 4.01. The van der Waals surface area contributed by atoms with Crippen molar-refractivity contribution in [1.29, 1.82) is 5.26 Å². The molecule has 0 fully saturated rings. The van der Waals surface area contributed by atoms with E-state index in [0.29, 0.717) is 11.6 Å². The molecule has 3 aromatic rings. The maximum Gasteiger partial charge on any atom is 0.349 e. The van der Waals surface area contributed by atoms with Crippen LogP contribution in [0.25, 0.3) is 5.69 Å². The molecular formula is C18H13Cl2N5O4. The first-order valence-corrected chi connectivity index (χ1v) is 8.98. The van der Waals surface area contributed by atoms with Crippen molar-refractivity contribution in [2.24, 2.45) is 0 Å². The van der Waals surface area contributed by atoms with Gasteiger partial charge in [0.15, 0.2) is 5.75 Å². The highest BCUT2D eigenvalue weighted by Gasteiger charge is 2.15. The average molecular weight is 434 g/mol. The fourth-order valence-electron chi connectivity index (χ4n) is 2.27. The fraction of sp³-hybridized carbons (Fsp3) is 0.167. The highest BCUT2D eigenvalue weighted by atomic mass is 35.5. The second-order valence-electron chi connectivity index (χ2n) is 5.97. The van der Waals surface area contributed by atoms with E-state index in [1.807, 2.05) is 18.8 Å². The number of ether oxygens (including phenoxy) is 2. The zero-order valence-electron chi connectivity index (χ0n) is 15.1. The standard InChI is InChI=1S/C18H13Cl2N5O4/c1-9(2)28-15-4-3-11(8-22-15)29-16-12(19)5-10(6-13(16)20)25-18(27)23-17(26)14(7-21)24-25/h3-6,8-9H,1-2H3,(H,23,26,27). The molecule has 0 spiro atoms. The molecule has 0 aliphatic carbocycles. The maximum atomic E-state index is 12.0. The quantitative estimate of drug-likeness (QED) is 0.655. The Morgan fingerprint density at radius 2 is 1.90 bits per heavy atom. The Morgan fingerprint density at radius 1 is 1.21 bits per heavy atom. The average Bonchev–Trinajstić information content (AvgIpc) is 2.65. The number of pyridine rings is 1. The van der Waals surface area contributed by atoms with Crippen LogP contribution in [-0.2, 0) is 0 Å². The Bertz CT molecular complexity index is 1190. The van der Waals surface area contributed by atoms with Crippen molar-refractivity contribution in [2.75, 3.05) is 0 Å². The number of aromatic amines is 1. The predicted molar refractivity (Wildman–Crippen MR) is 105 cm³/mol. The van der Waals surface area contributed by atoms with Crippen molar-refractivity contribution >= 4 is 23.2 Å². The van der Waals surface area contributed by atoms with Crippen LogP contribution in [0.4, 0.5) is 0 Å². The third-order valence-electron chi connectivity index (χ3n) is 3.45. The third kappa shape index (κ3) is 4.56. The molecule has 148 valence electrons. The summed E-state index contributed by atoms with van der Waals surface area (Å²) in [5, 5.41) is 12.8. The Balaban J connectivity index is 1.94. The molecule has 11 heteroatoms. The zero-order chi connectivity index (χ0) is 21.1. The number of halogens is 2. The van der Waals surface area contributed by atoms with Gasteiger partial charge in [-0.05, 0) is 32.0 Å². The smallest absolute Gasteiger partial charge is 0.349 e. The number of nitrogens with one attached hydrogen (secondary N) is 1. The van der Waals surface area contributed by atoms with E-state index in [2.05, 4.69) is 10.1 Å². The first-order chi connectivity index (χ1) is 13.8. The van der Waals surface area contributed by atoms with Crippen molar-refractivity contribution < 1.29 is 9.47 Å². The van der Waals surface area contributed by atoms with Gasteiger partial charge in [-0.15, -0.1) is 5.10 Å². The van der Waals surface area contributed by atoms with Crippen molar-refractivity contribution in [3.8, 4) is 29.1 Å².